The van der Waals surface area contributed by atoms with Crippen LogP contribution in [0.3, 0.4) is 0 Å². The molecule has 2 aromatic carbocycles. The van der Waals surface area contributed by atoms with Gasteiger partial charge in [-0.05, 0) is 24.3 Å². The molecule has 1 amide bonds. The number of nitrogens with one attached hydrogen (secondary N) is 1. The molecule has 6 nitrogen and oxygen atoms in total. The molecule has 3 aromatic rings. The van der Waals surface area contributed by atoms with Gasteiger partial charge in [-0.2, -0.15) is 0 Å². The number of carbonyl (C=O) groups excluding carboxylic acids is 1. The standard InChI is InChI=1S/C17H14F2N4O2/c1-23-10-20-22-17(23)11-3-2-4-13(7-11)21-16(24)9-25-15-6-5-12(18)8-14(15)19/h2-8,10H,9H2,1H3,(H,21,24). The summed E-state index contributed by atoms with van der Waals surface area (Å²) >= 11 is 0. The van der Waals surface area contributed by atoms with Crippen LogP contribution in [0, 0.1) is 11.6 Å². The van der Waals surface area contributed by atoms with Crippen molar-refractivity contribution in [1.29, 1.82) is 0 Å². The number of anilines is 1. The lowest BCUT2D eigenvalue weighted by Gasteiger charge is -2.09. The molecule has 0 fully saturated rings. The summed E-state index contributed by atoms with van der Waals surface area (Å²) in [5.74, 6) is -1.59. The molecule has 0 aliphatic heterocycles. The minimum absolute atomic E-state index is 0.190. The molecular weight excluding hydrogens is 330 g/mol. The van der Waals surface area contributed by atoms with Crippen LogP contribution in [0.15, 0.2) is 48.8 Å². The van der Waals surface area contributed by atoms with Crippen LogP contribution in [0.25, 0.3) is 11.4 Å². The maximum Gasteiger partial charge on any atom is 0.262 e. The number of halogens is 2. The highest BCUT2D eigenvalue weighted by Crippen LogP contribution is 2.20. The summed E-state index contributed by atoms with van der Waals surface area (Å²) in [4.78, 5) is 12.0. The Morgan fingerprint density at radius 1 is 1.24 bits per heavy atom. The van der Waals surface area contributed by atoms with Crippen molar-refractivity contribution in [3.05, 3.63) is 60.4 Å². The van der Waals surface area contributed by atoms with Crippen LogP contribution in [0.4, 0.5) is 14.5 Å². The van der Waals surface area contributed by atoms with Gasteiger partial charge in [0, 0.05) is 24.4 Å². The Bertz CT molecular complexity index is 911. The van der Waals surface area contributed by atoms with E-state index >= 15 is 0 Å². The van der Waals surface area contributed by atoms with Crippen molar-refractivity contribution in [3.63, 3.8) is 0 Å². The van der Waals surface area contributed by atoms with Crippen molar-refractivity contribution >= 4 is 11.6 Å². The molecule has 8 heteroatoms. The van der Waals surface area contributed by atoms with Gasteiger partial charge in [-0.1, -0.05) is 12.1 Å². The summed E-state index contributed by atoms with van der Waals surface area (Å²) in [7, 11) is 1.81. The first kappa shape index (κ1) is 16.6. The molecule has 1 aromatic heterocycles. The molecule has 0 spiro atoms. The van der Waals surface area contributed by atoms with E-state index in [2.05, 4.69) is 15.5 Å². The summed E-state index contributed by atoms with van der Waals surface area (Å²) in [6, 6.07) is 9.92. The molecule has 0 saturated carbocycles. The first-order valence-electron chi connectivity index (χ1n) is 7.35. The van der Waals surface area contributed by atoms with Crippen molar-refractivity contribution in [2.75, 3.05) is 11.9 Å². The zero-order valence-corrected chi connectivity index (χ0v) is 13.2. The third-order valence-corrected chi connectivity index (χ3v) is 3.37. The Balaban J connectivity index is 1.64. The molecule has 0 saturated heterocycles. The number of benzene rings is 2. The van der Waals surface area contributed by atoms with E-state index in [0.29, 0.717) is 17.6 Å². The molecule has 1 N–H and O–H groups in total. The smallest absolute Gasteiger partial charge is 0.262 e. The van der Waals surface area contributed by atoms with Crippen molar-refractivity contribution in [1.82, 2.24) is 14.8 Å². The number of rotatable bonds is 5. The van der Waals surface area contributed by atoms with Crippen LogP contribution in [-0.2, 0) is 11.8 Å². The third kappa shape index (κ3) is 3.97. The molecule has 3 rings (SSSR count). The van der Waals surface area contributed by atoms with E-state index in [4.69, 9.17) is 4.74 Å². The SMILES string of the molecule is Cn1cnnc1-c1cccc(NC(=O)COc2ccc(F)cc2F)c1. The molecule has 128 valence electrons. The van der Waals surface area contributed by atoms with E-state index in [1.165, 1.54) is 0 Å². The van der Waals surface area contributed by atoms with Gasteiger partial charge in [-0.3, -0.25) is 4.79 Å². The predicted molar refractivity (Wildman–Crippen MR) is 86.9 cm³/mol. The van der Waals surface area contributed by atoms with Crippen molar-refractivity contribution in [2.45, 2.75) is 0 Å². The fourth-order valence-electron chi connectivity index (χ4n) is 2.21. The summed E-state index contributed by atoms with van der Waals surface area (Å²) in [5.41, 5.74) is 1.32. The molecule has 1 heterocycles. The molecule has 0 bridgehead atoms. The van der Waals surface area contributed by atoms with Crippen LogP contribution in [0.1, 0.15) is 0 Å². The van der Waals surface area contributed by atoms with Gasteiger partial charge in [-0.15, -0.1) is 10.2 Å². The average Bonchev–Trinajstić information content (AvgIpc) is 3.00. The van der Waals surface area contributed by atoms with E-state index in [1.807, 2.05) is 13.1 Å². The highest BCUT2D eigenvalue weighted by molar-refractivity contribution is 5.92. The average molecular weight is 344 g/mol. The fraction of sp³-hybridized carbons (Fsp3) is 0.118. The molecule has 0 radical (unpaired) electrons. The maximum absolute atomic E-state index is 13.5. The second kappa shape index (κ2) is 7.08. The molecular formula is C17H14F2N4O2. The molecule has 0 atom stereocenters. The number of aryl methyl sites for hydroxylation is 1. The zero-order valence-electron chi connectivity index (χ0n) is 13.2. The second-order valence-electron chi connectivity index (χ2n) is 5.26. The van der Waals surface area contributed by atoms with E-state index in [-0.39, 0.29) is 5.75 Å². The first-order valence-corrected chi connectivity index (χ1v) is 7.35. The number of aromatic nitrogens is 3. The van der Waals surface area contributed by atoms with E-state index in [9.17, 15) is 13.6 Å². The van der Waals surface area contributed by atoms with Crippen LogP contribution in [0.2, 0.25) is 0 Å². The highest BCUT2D eigenvalue weighted by atomic mass is 19.1. The van der Waals surface area contributed by atoms with Gasteiger partial charge in [0.05, 0.1) is 0 Å². The Morgan fingerprint density at radius 3 is 2.80 bits per heavy atom. The van der Waals surface area contributed by atoms with Gasteiger partial charge in [0.1, 0.15) is 12.1 Å². The van der Waals surface area contributed by atoms with Crippen LogP contribution in [0.5, 0.6) is 5.75 Å². The van der Waals surface area contributed by atoms with E-state index in [1.54, 1.807) is 29.1 Å². The first-order chi connectivity index (χ1) is 12.0. The zero-order chi connectivity index (χ0) is 17.8. The number of hydrogen-bond donors (Lipinski definition) is 1. The lowest BCUT2D eigenvalue weighted by atomic mass is 10.2. The Hall–Kier alpha value is -3.29. The lowest BCUT2D eigenvalue weighted by Crippen LogP contribution is -2.20. The molecule has 0 aliphatic rings. The summed E-state index contributed by atoms with van der Waals surface area (Å²) < 4.78 is 33.1. The normalized spacial score (nSPS) is 10.5. The van der Waals surface area contributed by atoms with Crippen molar-refractivity contribution in [3.8, 4) is 17.1 Å². The molecule has 0 aliphatic carbocycles. The van der Waals surface area contributed by atoms with E-state index in [0.717, 1.165) is 17.7 Å². The fourth-order valence-corrected chi connectivity index (χ4v) is 2.21. The third-order valence-electron chi connectivity index (χ3n) is 3.37. The van der Waals surface area contributed by atoms with Crippen LogP contribution < -0.4 is 10.1 Å². The molecule has 0 unspecified atom stereocenters. The highest BCUT2D eigenvalue weighted by Gasteiger charge is 2.10. The van der Waals surface area contributed by atoms with Gasteiger partial charge < -0.3 is 14.6 Å². The monoisotopic (exact) mass is 344 g/mol. The molecule has 25 heavy (non-hydrogen) atoms. The van der Waals surface area contributed by atoms with Crippen LogP contribution >= 0.6 is 0 Å². The number of carbonyl (C=O) groups is 1. The largest absolute Gasteiger partial charge is 0.481 e. The van der Waals surface area contributed by atoms with Crippen LogP contribution in [-0.4, -0.2) is 27.3 Å². The summed E-state index contributed by atoms with van der Waals surface area (Å²) in [6.45, 7) is -0.406. The second-order valence-corrected chi connectivity index (χ2v) is 5.26. The lowest BCUT2D eigenvalue weighted by molar-refractivity contribution is -0.118. The minimum atomic E-state index is -0.864. The number of amides is 1. The van der Waals surface area contributed by atoms with Crippen molar-refractivity contribution in [2.24, 2.45) is 7.05 Å². The van der Waals surface area contributed by atoms with Gasteiger partial charge in [0.25, 0.3) is 5.91 Å². The summed E-state index contributed by atoms with van der Waals surface area (Å²) in [6.07, 6.45) is 1.58. The summed E-state index contributed by atoms with van der Waals surface area (Å²) in [5, 5.41) is 10.5. The van der Waals surface area contributed by atoms with Gasteiger partial charge in [-0.25, -0.2) is 8.78 Å². The Labute approximate surface area is 142 Å². The minimum Gasteiger partial charge on any atom is -0.481 e. The topological polar surface area (TPSA) is 69.0 Å². The van der Waals surface area contributed by atoms with Gasteiger partial charge in [0.15, 0.2) is 24.0 Å². The number of hydrogen-bond acceptors (Lipinski definition) is 4. The Kier molecular flexibility index (Phi) is 4.69. The quantitative estimate of drug-likeness (QED) is 0.773. The van der Waals surface area contributed by atoms with Gasteiger partial charge in [0.2, 0.25) is 0 Å². The maximum atomic E-state index is 13.5. The predicted octanol–water partition coefficient (Wildman–Crippen LogP) is 2.78. The van der Waals surface area contributed by atoms with Gasteiger partial charge >= 0.3 is 0 Å². The van der Waals surface area contributed by atoms with Crippen molar-refractivity contribution < 1.29 is 18.3 Å². The Morgan fingerprint density at radius 2 is 2.08 bits per heavy atom. The number of ether oxygens (including phenoxy) is 1. The number of nitrogens with zero attached hydrogens (tertiary/aromatic N) is 3. The van der Waals surface area contributed by atoms with E-state index < -0.39 is 24.1 Å².